The van der Waals surface area contributed by atoms with Crippen LogP contribution in [0.5, 0.6) is 11.5 Å². The largest absolute Gasteiger partial charge is 0.454 e. The van der Waals surface area contributed by atoms with Crippen molar-refractivity contribution in [3.05, 3.63) is 23.8 Å². The van der Waals surface area contributed by atoms with E-state index in [0.29, 0.717) is 30.2 Å². The molecule has 2 aliphatic heterocycles. The van der Waals surface area contributed by atoms with Gasteiger partial charge in [-0.1, -0.05) is 0 Å². The first-order valence-electron chi connectivity index (χ1n) is 7.55. The lowest BCUT2D eigenvalue weighted by Gasteiger charge is -2.29. The highest BCUT2D eigenvalue weighted by Gasteiger charge is 2.28. The van der Waals surface area contributed by atoms with Crippen molar-refractivity contribution in [2.45, 2.75) is 0 Å². The summed E-state index contributed by atoms with van der Waals surface area (Å²) in [5, 5.41) is 10.7. The molecule has 1 amide bonds. The predicted octanol–water partition coefficient (Wildman–Crippen LogP) is -0.142. The van der Waals surface area contributed by atoms with E-state index in [0.717, 1.165) is 0 Å². The molecule has 8 nitrogen and oxygen atoms in total. The van der Waals surface area contributed by atoms with Gasteiger partial charge in [-0.3, -0.25) is 9.59 Å². The van der Waals surface area contributed by atoms with Crippen molar-refractivity contribution in [2.75, 3.05) is 47.4 Å². The summed E-state index contributed by atoms with van der Waals surface area (Å²) < 4.78 is 14.5. The van der Waals surface area contributed by atoms with Crippen LogP contribution in [-0.2, 0) is 9.53 Å². The first-order valence-corrected chi connectivity index (χ1v) is 7.55. The van der Waals surface area contributed by atoms with Crippen molar-refractivity contribution in [1.29, 1.82) is 0 Å². The van der Waals surface area contributed by atoms with E-state index in [4.69, 9.17) is 14.6 Å². The Hall–Kier alpha value is -2.16. The van der Waals surface area contributed by atoms with Crippen LogP contribution in [0.3, 0.4) is 0 Å². The van der Waals surface area contributed by atoms with Gasteiger partial charge in [0.15, 0.2) is 17.3 Å². The first-order chi connectivity index (χ1) is 11.6. The maximum absolute atomic E-state index is 12.2. The maximum Gasteiger partial charge on any atom is 0.231 e. The van der Waals surface area contributed by atoms with E-state index in [1.807, 2.05) is 0 Å². The number of carbonyl (C=O) groups is 2. The van der Waals surface area contributed by atoms with Gasteiger partial charge < -0.3 is 29.5 Å². The Labute approximate surface area is 140 Å². The van der Waals surface area contributed by atoms with Gasteiger partial charge in [0, 0.05) is 32.8 Å². The molecule has 0 aromatic heterocycles. The molecule has 2 aliphatic rings. The van der Waals surface area contributed by atoms with Crippen LogP contribution in [0, 0.1) is 5.92 Å². The minimum absolute atomic E-state index is 0.00422. The molecule has 1 aromatic carbocycles. The minimum atomic E-state index is -0.181. The molecular weight excluding hydrogens is 316 g/mol. The third kappa shape index (κ3) is 4.44. The van der Waals surface area contributed by atoms with Crippen molar-refractivity contribution < 1.29 is 28.9 Å². The molecule has 0 unspecified atom stereocenters. The van der Waals surface area contributed by atoms with Gasteiger partial charge in [0.05, 0.1) is 12.5 Å². The fourth-order valence-corrected chi connectivity index (χ4v) is 2.23. The lowest BCUT2D eigenvalue weighted by Crippen LogP contribution is -2.51. The van der Waals surface area contributed by atoms with Crippen LogP contribution >= 0.6 is 0 Å². The Morgan fingerprint density at radius 3 is 2.58 bits per heavy atom. The summed E-state index contributed by atoms with van der Waals surface area (Å²) in [6.45, 7) is 1.47. The molecule has 1 aromatic rings. The molecule has 2 N–H and O–H groups in total. The maximum atomic E-state index is 12.2. The number of Topliss-reactive ketones (excluding diaryl/α,β-unsaturated/α-hetero) is 1. The van der Waals surface area contributed by atoms with Gasteiger partial charge in [-0.2, -0.15) is 0 Å². The Balaban J connectivity index is 0.000000471. The Kier molecular flexibility index (Phi) is 6.53. The number of aliphatic hydroxyl groups excluding tert-OH is 1. The van der Waals surface area contributed by atoms with E-state index in [1.165, 1.54) is 12.0 Å². The van der Waals surface area contributed by atoms with Crippen LogP contribution in [-0.4, -0.2) is 69.1 Å². The number of rotatable bonds is 5. The number of ketones is 1. The second-order valence-corrected chi connectivity index (χ2v) is 5.46. The number of benzene rings is 1. The smallest absolute Gasteiger partial charge is 0.231 e. The van der Waals surface area contributed by atoms with Crippen molar-refractivity contribution >= 4 is 11.7 Å². The van der Waals surface area contributed by atoms with Crippen LogP contribution in [0.15, 0.2) is 18.2 Å². The fraction of sp³-hybridized carbons (Fsp3) is 0.500. The number of aliphatic hydroxyl groups is 1. The van der Waals surface area contributed by atoms with Crippen LogP contribution in [0.4, 0.5) is 0 Å². The van der Waals surface area contributed by atoms with Gasteiger partial charge in [-0.05, 0) is 18.2 Å². The summed E-state index contributed by atoms with van der Waals surface area (Å²) in [6, 6.07) is 5.07. The third-order valence-electron chi connectivity index (χ3n) is 3.71. The highest BCUT2D eigenvalue weighted by molar-refractivity contribution is 6.00. The number of amides is 1. The van der Waals surface area contributed by atoms with Crippen LogP contribution in [0.1, 0.15) is 10.4 Å². The normalized spacial score (nSPS) is 15.1. The number of nitrogens with one attached hydrogen (secondary N) is 1. The summed E-state index contributed by atoms with van der Waals surface area (Å²) in [6.07, 6.45) is 0. The first kappa shape index (κ1) is 18.2. The molecule has 0 aliphatic carbocycles. The van der Waals surface area contributed by atoms with E-state index < -0.39 is 0 Å². The van der Waals surface area contributed by atoms with E-state index in [1.54, 1.807) is 25.2 Å². The molecule has 0 spiro atoms. The number of likely N-dealkylation sites (N-methyl/N-ethyl adjacent to an activating group) is 1. The van der Waals surface area contributed by atoms with Gasteiger partial charge in [0.25, 0.3) is 0 Å². The molecule has 2 heterocycles. The van der Waals surface area contributed by atoms with Crippen molar-refractivity contribution in [2.24, 2.45) is 5.92 Å². The van der Waals surface area contributed by atoms with Crippen molar-refractivity contribution in [3.63, 3.8) is 0 Å². The fourth-order valence-electron chi connectivity index (χ4n) is 2.23. The summed E-state index contributed by atoms with van der Waals surface area (Å²) in [4.78, 5) is 25.6. The Morgan fingerprint density at radius 1 is 1.33 bits per heavy atom. The quantitative estimate of drug-likeness (QED) is 0.569. The van der Waals surface area contributed by atoms with Crippen LogP contribution in [0.25, 0.3) is 0 Å². The number of ether oxygens (including phenoxy) is 3. The predicted molar refractivity (Wildman–Crippen MR) is 85.0 cm³/mol. The third-order valence-corrected chi connectivity index (χ3v) is 3.71. The number of fused-ring (bicyclic) bond motifs is 1. The summed E-state index contributed by atoms with van der Waals surface area (Å²) >= 11 is 0. The molecule has 8 heteroatoms. The molecule has 3 rings (SSSR count). The monoisotopic (exact) mass is 338 g/mol. The van der Waals surface area contributed by atoms with Gasteiger partial charge in [-0.15, -0.1) is 0 Å². The molecule has 0 radical (unpaired) electrons. The number of hydrogen-bond acceptors (Lipinski definition) is 7. The SMILES string of the molecule is CN(CC(=O)c1ccc2c(c1)OCO2)C(=O)C1CNC1.COCO. The average Bonchev–Trinajstić information content (AvgIpc) is 3.00. The second-order valence-electron chi connectivity index (χ2n) is 5.46. The topological polar surface area (TPSA) is 97.3 Å². The van der Waals surface area contributed by atoms with E-state index >= 15 is 0 Å². The molecular formula is C16H22N2O6. The average molecular weight is 338 g/mol. The lowest BCUT2D eigenvalue weighted by molar-refractivity contribution is -0.135. The molecule has 0 atom stereocenters. The minimum Gasteiger partial charge on any atom is -0.454 e. The molecule has 0 saturated carbocycles. The summed E-state index contributed by atoms with van der Waals surface area (Å²) in [5.74, 6) is 1.13. The number of hydrogen-bond donors (Lipinski definition) is 2. The van der Waals surface area contributed by atoms with Crippen molar-refractivity contribution in [1.82, 2.24) is 10.2 Å². The molecule has 132 valence electrons. The van der Waals surface area contributed by atoms with Crippen LogP contribution in [0.2, 0.25) is 0 Å². The van der Waals surface area contributed by atoms with E-state index in [2.05, 4.69) is 10.1 Å². The van der Waals surface area contributed by atoms with Crippen molar-refractivity contribution in [3.8, 4) is 11.5 Å². The molecule has 0 bridgehead atoms. The van der Waals surface area contributed by atoms with Gasteiger partial charge in [0.1, 0.15) is 6.79 Å². The summed E-state index contributed by atoms with van der Waals surface area (Å²) in [7, 11) is 3.09. The molecule has 24 heavy (non-hydrogen) atoms. The zero-order valence-electron chi connectivity index (χ0n) is 13.8. The zero-order valence-corrected chi connectivity index (χ0v) is 13.8. The molecule has 1 fully saturated rings. The number of methoxy groups -OCH3 is 1. The van der Waals surface area contributed by atoms with Crippen LogP contribution < -0.4 is 14.8 Å². The van der Waals surface area contributed by atoms with Gasteiger partial charge >= 0.3 is 0 Å². The van der Waals surface area contributed by atoms with Gasteiger partial charge in [0.2, 0.25) is 12.7 Å². The second kappa shape index (κ2) is 8.62. The van der Waals surface area contributed by atoms with E-state index in [9.17, 15) is 9.59 Å². The Morgan fingerprint density at radius 2 is 2.00 bits per heavy atom. The lowest BCUT2D eigenvalue weighted by atomic mass is 10.0. The zero-order chi connectivity index (χ0) is 17.5. The number of carbonyl (C=O) groups excluding carboxylic acids is 2. The summed E-state index contributed by atoms with van der Waals surface area (Å²) in [5.41, 5.74) is 0.528. The highest BCUT2D eigenvalue weighted by Crippen LogP contribution is 2.32. The standard InChI is InChI=1S/C14H16N2O4.C2H6O2/c1-16(14(18)10-5-15-6-10)7-11(17)9-2-3-12-13(4-9)20-8-19-12;1-4-2-3/h2-4,10,15H,5-8H2,1H3;3H,2H2,1H3. The van der Waals surface area contributed by atoms with E-state index in [-0.39, 0.29) is 37.7 Å². The molecule has 1 saturated heterocycles. The van der Waals surface area contributed by atoms with Gasteiger partial charge in [-0.25, -0.2) is 0 Å². The Bertz CT molecular complexity index is 586. The highest BCUT2D eigenvalue weighted by atomic mass is 16.7. The number of nitrogens with zero attached hydrogens (tertiary/aromatic N) is 1.